The maximum absolute atomic E-state index is 6.50. The Balaban J connectivity index is 0. The van der Waals surface area contributed by atoms with E-state index < -0.39 is 0 Å². The van der Waals surface area contributed by atoms with Crippen molar-refractivity contribution in [2.75, 3.05) is 0 Å². The Morgan fingerprint density at radius 1 is 1.80 bits per heavy atom. The van der Waals surface area contributed by atoms with Crippen molar-refractivity contribution in [3.05, 3.63) is 12.7 Å². The van der Waals surface area contributed by atoms with Crippen molar-refractivity contribution in [1.82, 2.24) is 0 Å². The third-order valence-electron chi connectivity index (χ3n) is 0. The Morgan fingerprint density at radius 3 is 1.80 bits per heavy atom. The maximum Gasteiger partial charge on any atom is 0.0462 e. The van der Waals surface area contributed by atoms with Gasteiger partial charge in [-0.05, 0) is 6.92 Å². The van der Waals surface area contributed by atoms with Gasteiger partial charge in [-0.1, -0.05) is 6.08 Å². The average molecular weight is 69.1 g/mol. The van der Waals surface area contributed by atoms with Gasteiger partial charge in [0.05, 0.1) is 0 Å². The molecule has 0 aromatic heterocycles. The van der Waals surface area contributed by atoms with Crippen LogP contribution in [0.3, 0.4) is 0 Å². The lowest BCUT2D eigenvalue weighted by Gasteiger charge is -1.31. The minimum absolute atomic E-state index is 1.75. The summed E-state index contributed by atoms with van der Waals surface area (Å²) < 4.78 is 0. The molecular formula is C4H7N. The van der Waals surface area contributed by atoms with Gasteiger partial charge in [0.2, 0.25) is 0 Å². The Kier molecular flexibility index (Phi) is 539. The van der Waals surface area contributed by atoms with Crippen LogP contribution in [-0.2, 0) is 0 Å². The molecule has 28 valence electrons. The molecule has 5 heavy (non-hydrogen) atoms. The molecule has 0 rings (SSSR count). The van der Waals surface area contributed by atoms with Crippen LogP contribution in [0.1, 0.15) is 6.92 Å². The smallest absolute Gasteiger partial charge is 0.0462 e. The summed E-state index contributed by atoms with van der Waals surface area (Å²) in [7, 11) is 0. The van der Waals surface area contributed by atoms with Gasteiger partial charge in [-0.25, -0.2) is 5.26 Å². The number of hydrogen-bond acceptors (Lipinski definition) is 1. The monoisotopic (exact) mass is 69.1 g/mol. The van der Waals surface area contributed by atoms with Gasteiger partial charge in [0.1, 0.15) is 0 Å². The zero-order chi connectivity index (χ0) is 4.71. The molecule has 0 unspecified atom stereocenters. The highest BCUT2D eigenvalue weighted by Crippen LogP contribution is 1.38. The number of hydrogen-bond donors (Lipinski definition) is 0. The molecule has 0 aliphatic rings. The zero-order valence-electron chi connectivity index (χ0n) is 3.31. The van der Waals surface area contributed by atoms with Gasteiger partial charge in [0.15, 0.2) is 0 Å². The summed E-state index contributed by atoms with van der Waals surface area (Å²) in [5.74, 6) is 0. The molecule has 0 N–H and O–H groups in total. The zero-order valence-corrected chi connectivity index (χ0v) is 3.31. The normalized spacial score (nSPS) is 3.00. The van der Waals surface area contributed by atoms with E-state index in [-0.39, 0.29) is 0 Å². The number of allylic oxidation sites excluding steroid dienone is 1. The van der Waals surface area contributed by atoms with E-state index in [0.29, 0.717) is 0 Å². The van der Waals surface area contributed by atoms with Crippen LogP contribution in [-0.4, -0.2) is 0 Å². The third-order valence-corrected chi connectivity index (χ3v) is 0. The van der Waals surface area contributed by atoms with Crippen LogP contribution in [0.5, 0.6) is 0 Å². The van der Waals surface area contributed by atoms with E-state index in [0.717, 1.165) is 0 Å². The van der Waals surface area contributed by atoms with Crippen molar-refractivity contribution < 1.29 is 0 Å². The second-order valence-electron chi connectivity index (χ2n) is 0.408. The van der Waals surface area contributed by atoms with Gasteiger partial charge >= 0.3 is 0 Å². The third kappa shape index (κ3) is 8.24. The molecule has 1 heteroatoms. The van der Waals surface area contributed by atoms with Crippen LogP contribution in [0.25, 0.3) is 0 Å². The van der Waals surface area contributed by atoms with Crippen LogP contribution >= 0.6 is 0 Å². The lowest BCUT2D eigenvalue weighted by atomic mass is 10.8. The van der Waals surface area contributed by atoms with Gasteiger partial charge < -0.3 is 0 Å². The first-order chi connectivity index (χ1) is 2.41. The van der Waals surface area contributed by atoms with Crippen molar-refractivity contribution in [3.8, 4) is 6.57 Å². The highest BCUT2D eigenvalue weighted by atomic mass is 14.2. The van der Waals surface area contributed by atoms with E-state index in [4.69, 9.17) is 5.26 Å². The summed E-state index contributed by atoms with van der Waals surface area (Å²) in [6, 6.07) is 0. The van der Waals surface area contributed by atoms with E-state index in [1.807, 2.05) is 6.92 Å². The molecule has 1 nitrogen and oxygen atoms in total. The van der Waals surface area contributed by atoms with Gasteiger partial charge in [-0.15, -0.1) is 6.58 Å². The van der Waals surface area contributed by atoms with Crippen molar-refractivity contribution in [2.45, 2.75) is 6.92 Å². The van der Waals surface area contributed by atoms with Gasteiger partial charge in [0.25, 0.3) is 0 Å². The molecule has 0 atom stereocenters. The molecule has 0 amide bonds. The van der Waals surface area contributed by atoms with Gasteiger partial charge in [-0.3, -0.25) is 0 Å². The standard InChI is InChI=1S/C3H6.CHN/c1-3-2;1-2/h3H,1H2,2H3;1H. The Labute approximate surface area is 32.5 Å². The fourth-order valence-electron chi connectivity index (χ4n) is 0. The van der Waals surface area contributed by atoms with Gasteiger partial charge in [0, 0.05) is 6.57 Å². The molecule has 0 fully saturated rings. The van der Waals surface area contributed by atoms with E-state index in [1.54, 1.807) is 6.08 Å². The van der Waals surface area contributed by atoms with Crippen molar-refractivity contribution in [1.29, 1.82) is 5.26 Å². The SMILES string of the molecule is C#N.C=CC. The Morgan fingerprint density at radius 2 is 1.80 bits per heavy atom. The maximum atomic E-state index is 6.50. The minimum Gasteiger partial charge on any atom is -0.202 e. The second-order valence-corrected chi connectivity index (χ2v) is 0.408. The van der Waals surface area contributed by atoms with E-state index in [2.05, 4.69) is 13.2 Å². The predicted octanol–water partition coefficient (Wildman–Crippen LogP) is 1.33. The van der Waals surface area contributed by atoms with Crippen LogP contribution in [0.4, 0.5) is 0 Å². The number of rotatable bonds is 0. The predicted molar refractivity (Wildman–Crippen MR) is 22.5 cm³/mol. The molecule has 0 radical (unpaired) electrons. The van der Waals surface area contributed by atoms with Crippen LogP contribution in [0.2, 0.25) is 0 Å². The molecule has 0 saturated carbocycles. The van der Waals surface area contributed by atoms with Crippen LogP contribution < -0.4 is 0 Å². The van der Waals surface area contributed by atoms with E-state index in [1.165, 1.54) is 0 Å². The Bertz CT molecular complexity index is 27.9. The second kappa shape index (κ2) is 304. The summed E-state index contributed by atoms with van der Waals surface area (Å²) in [5, 5.41) is 6.50. The topological polar surface area (TPSA) is 23.8 Å². The van der Waals surface area contributed by atoms with E-state index >= 15 is 0 Å². The molecule has 0 aliphatic carbocycles. The molecule has 0 aromatic rings. The quantitative estimate of drug-likeness (QED) is 0.394. The summed E-state index contributed by atoms with van der Waals surface area (Å²) >= 11 is 0. The lowest BCUT2D eigenvalue weighted by molar-refractivity contribution is 1.58. The van der Waals surface area contributed by atoms with Gasteiger partial charge in [-0.2, -0.15) is 0 Å². The summed E-state index contributed by atoms with van der Waals surface area (Å²) in [6.07, 6.45) is 1.75. The molecule has 0 bridgehead atoms. The molecule has 0 spiro atoms. The molecule has 0 aromatic carbocycles. The summed E-state index contributed by atoms with van der Waals surface area (Å²) in [6.45, 7) is 8.75. The van der Waals surface area contributed by atoms with Crippen molar-refractivity contribution in [2.24, 2.45) is 0 Å². The molecule has 0 heterocycles. The molecule has 0 aliphatic heterocycles. The lowest BCUT2D eigenvalue weighted by Crippen LogP contribution is -1.07. The first kappa shape index (κ1) is 8.87. The summed E-state index contributed by atoms with van der Waals surface area (Å²) in [5.41, 5.74) is 0. The first-order valence-electron chi connectivity index (χ1n) is 1.24. The summed E-state index contributed by atoms with van der Waals surface area (Å²) in [4.78, 5) is 0. The molecule has 0 saturated heterocycles. The van der Waals surface area contributed by atoms with Crippen LogP contribution in [0, 0.1) is 11.8 Å². The largest absolute Gasteiger partial charge is 0.202 e. The minimum atomic E-state index is 1.75. The first-order valence-corrected chi connectivity index (χ1v) is 1.24. The fraction of sp³-hybridized carbons (Fsp3) is 0.250. The van der Waals surface area contributed by atoms with Crippen molar-refractivity contribution in [3.63, 3.8) is 0 Å². The highest BCUT2D eigenvalue weighted by molar-refractivity contribution is 4.51. The molecular weight excluding hydrogens is 62.1 g/mol. The fourth-order valence-corrected chi connectivity index (χ4v) is 0. The van der Waals surface area contributed by atoms with E-state index in [9.17, 15) is 0 Å². The number of nitrogens with zero attached hydrogens (tertiary/aromatic N) is 1. The highest BCUT2D eigenvalue weighted by Gasteiger charge is 1.15. The van der Waals surface area contributed by atoms with Crippen LogP contribution in [0.15, 0.2) is 12.7 Å². The Hall–Kier alpha value is -0.770. The average Bonchev–Trinajstić information content (AvgIpc) is 1.46. The number of nitriles is 1. The van der Waals surface area contributed by atoms with Crippen molar-refractivity contribution >= 4 is 0 Å².